The lowest BCUT2D eigenvalue weighted by Crippen LogP contribution is -2.66. The number of carbonyl (C=O) groups is 5. The Bertz CT molecular complexity index is 2620. The van der Waals surface area contributed by atoms with Crippen molar-refractivity contribution in [3.05, 3.63) is 77.6 Å². The van der Waals surface area contributed by atoms with Gasteiger partial charge in [0.25, 0.3) is 11.8 Å². The van der Waals surface area contributed by atoms with E-state index in [1.54, 1.807) is 30.0 Å². The lowest BCUT2D eigenvalue weighted by atomic mass is 9.83. The van der Waals surface area contributed by atoms with E-state index in [2.05, 4.69) is 84.8 Å². The topological polar surface area (TPSA) is 155 Å². The number of aromatic nitrogens is 1. The van der Waals surface area contributed by atoms with Gasteiger partial charge in [-0.05, 0) is 111 Å². The Kier molecular flexibility index (Phi) is 15.5. The summed E-state index contributed by atoms with van der Waals surface area (Å²) >= 11 is 0. The van der Waals surface area contributed by atoms with E-state index < -0.39 is 40.3 Å². The molecule has 5 heterocycles. The molecule has 3 aromatic rings. The number of allylic oxidation sites excluding steroid dienone is 2. The number of aldehydes is 1. The van der Waals surface area contributed by atoms with Crippen LogP contribution in [0.4, 0.5) is 0 Å². The number of benzene rings is 2. The fourth-order valence-corrected chi connectivity index (χ4v) is 11.0. The first-order valence-corrected chi connectivity index (χ1v) is 24.6. The maximum Gasteiger partial charge on any atom is 0.298 e. The lowest BCUT2D eigenvalue weighted by molar-refractivity contribution is -0.149. The van der Waals surface area contributed by atoms with Crippen molar-refractivity contribution in [2.75, 3.05) is 46.5 Å². The van der Waals surface area contributed by atoms with Gasteiger partial charge in [-0.2, -0.15) is 0 Å². The highest BCUT2D eigenvalue weighted by Gasteiger charge is 2.54. The third-order valence-corrected chi connectivity index (χ3v) is 14.6. The highest BCUT2D eigenvalue weighted by molar-refractivity contribution is 5.98. The van der Waals surface area contributed by atoms with Gasteiger partial charge in [0.1, 0.15) is 23.9 Å². The molecule has 0 radical (unpaired) electrons. The molecule has 3 saturated heterocycles. The smallest absolute Gasteiger partial charge is 0.298 e. The van der Waals surface area contributed by atoms with Crippen LogP contribution in [-0.4, -0.2) is 126 Å². The summed E-state index contributed by atoms with van der Waals surface area (Å²) < 4.78 is 14.7. The molecule has 2 N–H and O–H groups in total. The monoisotopic (exact) mass is 942 g/mol. The van der Waals surface area contributed by atoms with Gasteiger partial charge < -0.3 is 34.0 Å². The van der Waals surface area contributed by atoms with Gasteiger partial charge in [-0.1, -0.05) is 76.6 Å². The van der Waals surface area contributed by atoms with Gasteiger partial charge in [-0.15, -0.1) is 0 Å². The zero-order chi connectivity index (χ0) is 49.8. The summed E-state index contributed by atoms with van der Waals surface area (Å²) in [6.07, 6.45) is 6.94. The summed E-state index contributed by atoms with van der Waals surface area (Å²) in [7, 11) is 1.68. The zero-order valence-electron chi connectivity index (χ0n) is 42.1. The molecule has 2 aromatic carbocycles. The Morgan fingerprint density at radius 3 is 2.49 bits per heavy atom. The van der Waals surface area contributed by atoms with Gasteiger partial charge in [-0.25, -0.2) is 5.43 Å². The summed E-state index contributed by atoms with van der Waals surface area (Å²) in [6, 6.07) is 12.6. The fourth-order valence-electron chi connectivity index (χ4n) is 11.0. The molecule has 3 fully saturated rings. The quantitative estimate of drug-likeness (QED) is 0.0952. The van der Waals surface area contributed by atoms with E-state index in [0.29, 0.717) is 64.9 Å². The molecular weight excluding hydrogens is 871 g/mol. The van der Waals surface area contributed by atoms with E-state index in [0.717, 1.165) is 56.4 Å². The lowest BCUT2D eigenvalue weighted by Gasteiger charge is -2.42. The molecule has 1 aromatic heterocycles. The molecule has 0 saturated carbocycles. The highest BCUT2D eigenvalue weighted by Crippen LogP contribution is 2.43. The SMILES string of the molecule is C=C/C(=C(\N=CC)[C@H](C)OC)c1c2c3cc(ccc3n1CC)-c1cccc(c1)C[C@H](NC(=O)[C@H](C(C)C)N1CC[C@]3(CCN(C(=O)C#CC)C3)C1=O)C(=O)N1CCC[C@](C=O)(COCC(C)(C)C2)N1. The van der Waals surface area contributed by atoms with Crippen molar-refractivity contribution in [1.29, 1.82) is 0 Å². The second kappa shape index (κ2) is 21.0. The number of hydrogen-bond acceptors (Lipinski definition) is 9. The van der Waals surface area contributed by atoms with Crippen molar-refractivity contribution in [3.8, 4) is 23.0 Å². The number of amides is 4. The second-order valence-electron chi connectivity index (χ2n) is 20.4. The maximum absolute atomic E-state index is 14.9. The van der Waals surface area contributed by atoms with Crippen LogP contribution in [0.3, 0.4) is 0 Å². The summed E-state index contributed by atoms with van der Waals surface area (Å²) in [5.74, 6) is 3.67. The summed E-state index contributed by atoms with van der Waals surface area (Å²) in [5, 5.41) is 5.67. The fraction of sp³-hybridized carbons (Fsp3) is 0.527. The minimum absolute atomic E-state index is 0.0251. The van der Waals surface area contributed by atoms with E-state index in [-0.39, 0.29) is 43.4 Å². The molecule has 14 nitrogen and oxygen atoms in total. The maximum atomic E-state index is 14.9. The number of rotatable bonds is 11. The summed E-state index contributed by atoms with van der Waals surface area (Å²) in [5.41, 5.74) is 8.45. The molecule has 6 bridgehead atoms. The van der Waals surface area contributed by atoms with E-state index in [1.807, 2.05) is 45.9 Å². The van der Waals surface area contributed by atoms with E-state index in [9.17, 15) is 24.0 Å². The average molecular weight is 942 g/mol. The molecule has 1 spiro atoms. The molecule has 4 aliphatic heterocycles. The molecule has 69 heavy (non-hydrogen) atoms. The van der Waals surface area contributed by atoms with Crippen molar-refractivity contribution in [1.82, 2.24) is 30.1 Å². The van der Waals surface area contributed by atoms with Crippen LogP contribution in [0.2, 0.25) is 0 Å². The second-order valence-corrected chi connectivity index (χ2v) is 20.4. The Balaban J connectivity index is 1.31. The van der Waals surface area contributed by atoms with Crippen LogP contribution in [0.15, 0.2) is 65.8 Å². The van der Waals surface area contributed by atoms with E-state index in [4.69, 9.17) is 14.5 Å². The van der Waals surface area contributed by atoms with Crippen molar-refractivity contribution < 1.29 is 33.4 Å². The van der Waals surface area contributed by atoms with E-state index in [1.165, 1.54) is 5.01 Å². The van der Waals surface area contributed by atoms with Crippen LogP contribution >= 0.6 is 0 Å². The zero-order valence-corrected chi connectivity index (χ0v) is 42.1. The number of carbonyl (C=O) groups excluding carboxylic acids is 5. The number of methoxy groups -OCH3 is 1. The number of aryl methyl sites for hydroxylation is 1. The molecule has 14 heteroatoms. The minimum Gasteiger partial charge on any atom is -0.378 e. The predicted molar refractivity (Wildman–Crippen MR) is 270 cm³/mol. The van der Waals surface area contributed by atoms with E-state index >= 15 is 0 Å². The van der Waals surface area contributed by atoms with Crippen molar-refractivity contribution >= 4 is 52.6 Å². The summed E-state index contributed by atoms with van der Waals surface area (Å²) in [6.45, 7) is 22.4. The average Bonchev–Trinajstić information content (AvgIpc) is 4.00. The standard InChI is InChI=1S/C55H71N7O7/c1-11-17-46(64)59-26-23-54(32-59)24-27-61(52(54)67)48(36(5)6)50(65)57-44-29-38-18-15-19-39(28-38)40-20-21-45-42(30-40)43(49(60(45)14-4)41(12-2)47(56-13-3)37(7)68-10)31-53(8,9)34-69-35-55(33-63)22-16-25-62(58-55)51(44)66/h12-13,15,18-21,28,30,33,36-37,44,48,58H,2,14,16,22-27,29,31-32,34-35H2,1,3-10H3,(H,57,65)/b47-41+,56-13?/t37-,44-,48-,54-,55-/m0/s1. The third-order valence-electron chi connectivity index (χ3n) is 14.6. The van der Waals surface area contributed by atoms with Gasteiger partial charge in [0.15, 0.2) is 0 Å². The van der Waals surface area contributed by atoms with Crippen LogP contribution in [0.1, 0.15) is 97.9 Å². The first kappa shape index (κ1) is 51.0. The van der Waals surface area contributed by atoms with Crippen molar-refractivity contribution in [2.24, 2.45) is 21.7 Å². The van der Waals surface area contributed by atoms with Crippen LogP contribution in [-0.2, 0) is 52.8 Å². The normalized spacial score (nSPS) is 24.3. The van der Waals surface area contributed by atoms with Crippen molar-refractivity contribution in [3.63, 3.8) is 0 Å². The van der Waals surface area contributed by atoms with Crippen LogP contribution < -0.4 is 10.7 Å². The largest absolute Gasteiger partial charge is 0.378 e. The number of fused-ring (bicyclic) bond motifs is 6. The number of nitrogens with zero attached hydrogens (tertiary/aromatic N) is 5. The Hall–Kier alpha value is -5.88. The van der Waals surface area contributed by atoms with Crippen molar-refractivity contribution in [2.45, 2.75) is 124 Å². The number of aliphatic imine (C=N–C) groups is 1. The summed E-state index contributed by atoms with van der Waals surface area (Å²) in [4.78, 5) is 78.1. The van der Waals surface area contributed by atoms with Crippen LogP contribution in [0, 0.1) is 28.6 Å². The number of hydrogen-bond donors (Lipinski definition) is 2. The number of likely N-dealkylation sites (tertiary alicyclic amines) is 2. The van der Waals surface area contributed by atoms with Gasteiger partial charge in [0, 0.05) is 68.9 Å². The van der Waals surface area contributed by atoms with Gasteiger partial charge in [0.2, 0.25) is 11.8 Å². The number of nitrogens with one attached hydrogen (secondary N) is 2. The Morgan fingerprint density at radius 1 is 1.06 bits per heavy atom. The van der Waals surface area contributed by atoms with Crippen LogP contribution in [0.25, 0.3) is 27.6 Å². The van der Waals surface area contributed by atoms with Gasteiger partial charge in [0.05, 0.1) is 36.1 Å². The van der Waals surface area contributed by atoms with Crippen LogP contribution in [0.5, 0.6) is 0 Å². The molecule has 0 unspecified atom stereocenters. The Labute approximate surface area is 407 Å². The first-order valence-electron chi connectivity index (χ1n) is 24.6. The highest BCUT2D eigenvalue weighted by atomic mass is 16.5. The van der Waals surface area contributed by atoms with Gasteiger partial charge in [-0.3, -0.25) is 29.2 Å². The molecule has 368 valence electrons. The van der Waals surface area contributed by atoms with Gasteiger partial charge >= 0.3 is 0 Å². The molecule has 4 aliphatic rings. The minimum atomic E-state index is -1.19. The molecule has 7 rings (SSSR count). The first-order chi connectivity index (χ1) is 33.0. The predicted octanol–water partition coefficient (Wildman–Crippen LogP) is 6.54. The Morgan fingerprint density at radius 2 is 1.81 bits per heavy atom. The number of hydrazine groups is 1. The molecule has 4 amide bonds. The molecular formula is C55H71N7O7. The number of ether oxygens (including phenoxy) is 2. The molecule has 5 atom stereocenters. The third kappa shape index (κ3) is 10.2. The molecule has 0 aliphatic carbocycles.